The third-order valence-corrected chi connectivity index (χ3v) is 4.51. The first kappa shape index (κ1) is 19.7. The second-order valence-electron chi connectivity index (χ2n) is 6.43. The Bertz CT molecular complexity index is 486. The molecule has 1 unspecified atom stereocenters. The minimum absolute atomic E-state index is 0.302. The third kappa shape index (κ3) is 7.04. The van der Waals surface area contributed by atoms with E-state index < -0.39 is 0 Å². The van der Waals surface area contributed by atoms with Crippen molar-refractivity contribution in [3.05, 3.63) is 35.9 Å². The highest BCUT2D eigenvalue weighted by atomic mass is 16.5. The number of nitrogens with one attached hydrogen (secondary N) is 2. The maximum absolute atomic E-state index is 5.52. The van der Waals surface area contributed by atoms with Crippen LogP contribution in [0.4, 0.5) is 0 Å². The zero-order valence-electron chi connectivity index (χ0n) is 15.8. The highest BCUT2D eigenvalue weighted by Crippen LogP contribution is 2.22. The Morgan fingerprint density at radius 3 is 2.56 bits per heavy atom. The molecule has 1 saturated heterocycles. The van der Waals surface area contributed by atoms with Crippen LogP contribution in [0.5, 0.6) is 0 Å². The molecule has 25 heavy (non-hydrogen) atoms. The molecule has 2 N–H and O–H groups in total. The molecule has 1 heterocycles. The van der Waals surface area contributed by atoms with E-state index in [1.807, 2.05) is 0 Å². The fraction of sp³-hybridized carbons (Fsp3) is 0.650. The summed E-state index contributed by atoms with van der Waals surface area (Å²) < 4.78 is 5.52. The molecule has 1 aromatic rings. The van der Waals surface area contributed by atoms with Gasteiger partial charge in [-0.05, 0) is 18.9 Å². The molecule has 2 rings (SSSR count). The van der Waals surface area contributed by atoms with E-state index in [-0.39, 0.29) is 0 Å². The first-order valence-electron chi connectivity index (χ1n) is 9.74. The molecule has 5 nitrogen and oxygen atoms in total. The Hall–Kier alpha value is -1.59. The van der Waals surface area contributed by atoms with Gasteiger partial charge in [-0.2, -0.15) is 0 Å². The topological polar surface area (TPSA) is 48.9 Å². The van der Waals surface area contributed by atoms with E-state index in [1.54, 1.807) is 0 Å². The lowest BCUT2D eigenvalue weighted by Gasteiger charge is -2.34. The molecule has 0 radical (unpaired) electrons. The largest absolute Gasteiger partial charge is 0.379 e. The van der Waals surface area contributed by atoms with Crippen LogP contribution in [0.3, 0.4) is 0 Å². The number of aliphatic imine (C=N–C) groups is 1. The van der Waals surface area contributed by atoms with Gasteiger partial charge < -0.3 is 15.4 Å². The minimum Gasteiger partial charge on any atom is -0.379 e. The Morgan fingerprint density at radius 1 is 1.12 bits per heavy atom. The number of hydrogen-bond acceptors (Lipinski definition) is 3. The lowest BCUT2D eigenvalue weighted by Crippen LogP contribution is -2.42. The van der Waals surface area contributed by atoms with Crippen molar-refractivity contribution in [3.63, 3.8) is 0 Å². The van der Waals surface area contributed by atoms with E-state index in [0.717, 1.165) is 51.9 Å². The molecule has 0 aliphatic carbocycles. The molecule has 1 atom stereocenters. The number of morpholine rings is 1. The molecule has 0 amide bonds. The van der Waals surface area contributed by atoms with Gasteiger partial charge in [0, 0.05) is 26.2 Å². The smallest absolute Gasteiger partial charge is 0.191 e. The molecule has 1 aliphatic heterocycles. The summed E-state index contributed by atoms with van der Waals surface area (Å²) in [5.74, 6) is 0.924. The number of nitrogens with zero attached hydrogens (tertiary/aromatic N) is 2. The third-order valence-electron chi connectivity index (χ3n) is 4.51. The average molecular weight is 347 g/mol. The van der Waals surface area contributed by atoms with E-state index in [2.05, 4.69) is 59.7 Å². The van der Waals surface area contributed by atoms with Gasteiger partial charge in [-0.1, -0.05) is 50.1 Å². The number of hydrogen-bond donors (Lipinski definition) is 2. The van der Waals surface area contributed by atoms with Gasteiger partial charge in [-0.25, -0.2) is 0 Å². The van der Waals surface area contributed by atoms with Gasteiger partial charge in [0.05, 0.1) is 25.8 Å². The SMILES string of the molecule is CCCCCNC(=NCC(c1ccccc1)N1CCOCC1)NCC. The van der Waals surface area contributed by atoms with E-state index in [1.165, 1.54) is 24.8 Å². The van der Waals surface area contributed by atoms with Gasteiger partial charge in [-0.3, -0.25) is 9.89 Å². The van der Waals surface area contributed by atoms with Crippen molar-refractivity contribution in [1.29, 1.82) is 0 Å². The van der Waals surface area contributed by atoms with Crippen LogP contribution in [0, 0.1) is 0 Å². The van der Waals surface area contributed by atoms with E-state index in [9.17, 15) is 0 Å². The van der Waals surface area contributed by atoms with Crippen molar-refractivity contribution in [1.82, 2.24) is 15.5 Å². The van der Waals surface area contributed by atoms with Gasteiger partial charge in [0.2, 0.25) is 0 Å². The summed E-state index contributed by atoms with van der Waals surface area (Å²) >= 11 is 0. The molecule has 0 aromatic heterocycles. The molecule has 0 bridgehead atoms. The highest BCUT2D eigenvalue weighted by Gasteiger charge is 2.22. The fourth-order valence-electron chi connectivity index (χ4n) is 3.10. The molecule has 0 saturated carbocycles. The van der Waals surface area contributed by atoms with Crippen molar-refractivity contribution in [2.24, 2.45) is 4.99 Å². The second-order valence-corrected chi connectivity index (χ2v) is 6.43. The predicted octanol–water partition coefficient (Wildman–Crippen LogP) is 2.81. The first-order valence-corrected chi connectivity index (χ1v) is 9.74. The molecule has 1 aliphatic rings. The maximum atomic E-state index is 5.52. The monoisotopic (exact) mass is 346 g/mol. The van der Waals surface area contributed by atoms with Crippen molar-refractivity contribution >= 4 is 5.96 Å². The van der Waals surface area contributed by atoms with Gasteiger partial charge in [0.25, 0.3) is 0 Å². The van der Waals surface area contributed by atoms with Crippen LogP contribution >= 0.6 is 0 Å². The Kier molecular flexibility index (Phi) is 9.37. The van der Waals surface area contributed by atoms with Gasteiger partial charge in [0.1, 0.15) is 0 Å². The molecule has 1 aromatic carbocycles. The van der Waals surface area contributed by atoms with Crippen molar-refractivity contribution in [3.8, 4) is 0 Å². The zero-order valence-corrected chi connectivity index (χ0v) is 15.8. The molecular formula is C20H34N4O. The van der Waals surface area contributed by atoms with Crippen LogP contribution in [-0.2, 0) is 4.74 Å². The normalized spacial score (nSPS) is 17.3. The molecular weight excluding hydrogens is 312 g/mol. The predicted molar refractivity (Wildman–Crippen MR) is 105 cm³/mol. The first-order chi connectivity index (χ1) is 12.3. The van der Waals surface area contributed by atoms with Crippen molar-refractivity contribution in [2.45, 2.75) is 39.2 Å². The van der Waals surface area contributed by atoms with Gasteiger partial charge in [0.15, 0.2) is 5.96 Å². The van der Waals surface area contributed by atoms with Crippen LogP contribution in [0.25, 0.3) is 0 Å². The van der Waals surface area contributed by atoms with E-state index in [0.29, 0.717) is 6.04 Å². The molecule has 5 heteroatoms. The summed E-state index contributed by atoms with van der Waals surface area (Å²) in [5.41, 5.74) is 1.33. The molecule has 1 fully saturated rings. The summed E-state index contributed by atoms with van der Waals surface area (Å²) in [5, 5.41) is 6.83. The molecule has 140 valence electrons. The highest BCUT2D eigenvalue weighted by molar-refractivity contribution is 5.79. The number of rotatable bonds is 9. The average Bonchev–Trinajstić information content (AvgIpc) is 2.67. The van der Waals surface area contributed by atoms with E-state index in [4.69, 9.17) is 9.73 Å². The lowest BCUT2D eigenvalue weighted by molar-refractivity contribution is 0.0179. The second kappa shape index (κ2) is 11.9. The van der Waals surface area contributed by atoms with Crippen LogP contribution in [0.2, 0.25) is 0 Å². The maximum Gasteiger partial charge on any atom is 0.191 e. The lowest BCUT2D eigenvalue weighted by atomic mass is 10.1. The summed E-state index contributed by atoms with van der Waals surface area (Å²) in [6.45, 7) is 10.5. The molecule has 0 spiro atoms. The van der Waals surface area contributed by atoms with E-state index >= 15 is 0 Å². The summed E-state index contributed by atoms with van der Waals surface area (Å²) in [6, 6.07) is 11.0. The Balaban J connectivity index is 2.02. The van der Waals surface area contributed by atoms with Gasteiger partial charge >= 0.3 is 0 Å². The van der Waals surface area contributed by atoms with Crippen LogP contribution in [0.1, 0.15) is 44.7 Å². The van der Waals surface area contributed by atoms with Gasteiger partial charge in [-0.15, -0.1) is 0 Å². The number of benzene rings is 1. The quantitative estimate of drug-likeness (QED) is 0.410. The standard InChI is InChI=1S/C20H34N4O/c1-3-5-9-12-22-20(21-4-2)23-17-19(18-10-7-6-8-11-18)24-13-15-25-16-14-24/h6-8,10-11,19H,3-5,9,12-17H2,1-2H3,(H2,21,22,23). The zero-order chi connectivity index (χ0) is 17.7. The van der Waals surface area contributed by atoms with Crippen LogP contribution < -0.4 is 10.6 Å². The minimum atomic E-state index is 0.302. The number of guanidine groups is 1. The van der Waals surface area contributed by atoms with Crippen LogP contribution in [-0.4, -0.2) is 56.8 Å². The summed E-state index contributed by atoms with van der Waals surface area (Å²) in [6.07, 6.45) is 3.68. The Labute approximate surface area is 152 Å². The summed E-state index contributed by atoms with van der Waals surface area (Å²) in [7, 11) is 0. The summed E-state index contributed by atoms with van der Waals surface area (Å²) in [4.78, 5) is 7.36. The fourth-order valence-corrected chi connectivity index (χ4v) is 3.10. The number of unbranched alkanes of at least 4 members (excludes halogenated alkanes) is 2. The van der Waals surface area contributed by atoms with Crippen molar-refractivity contribution < 1.29 is 4.74 Å². The van der Waals surface area contributed by atoms with Crippen molar-refractivity contribution in [2.75, 3.05) is 45.9 Å². The Morgan fingerprint density at radius 2 is 1.88 bits per heavy atom. The number of ether oxygens (including phenoxy) is 1. The van der Waals surface area contributed by atoms with Crippen LogP contribution in [0.15, 0.2) is 35.3 Å².